The molecule has 0 atom stereocenters. The highest BCUT2D eigenvalue weighted by Crippen LogP contribution is 2.30. The van der Waals surface area contributed by atoms with Crippen molar-refractivity contribution in [2.45, 2.75) is 51.3 Å². The average Bonchev–Trinajstić information content (AvgIpc) is 3.21. The Labute approximate surface area is 152 Å². The summed E-state index contributed by atoms with van der Waals surface area (Å²) in [5.41, 5.74) is 3.43. The molecule has 1 heterocycles. The quantitative estimate of drug-likeness (QED) is 0.810. The first kappa shape index (κ1) is 17.5. The highest BCUT2D eigenvalue weighted by atomic mass is 32.2. The Bertz CT molecular complexity index is 705. The number of hydrogen-bond donors (Lipinski definition) is 1. The molecule has 3 nitrogen and oxygen atoms in total. The van der Waals surface area contributed by atoms with Crippen LogP contribution in [-0.2, 0) is 11.3 Å². The van der Waals surface area contributed by atoms with Crippen LogP contribution >= 0.6 is 23.1 Å². The van der Waals surface area contributed by atoms with Gasteiger partial charge in [-0.05, 0) is 32.3 Å². The van der Waals surface area contributed by atoms with Gasteiger partial charge in [0, 0.05) is 15.7 Å². The first-order chi connectivity index (χ1) is 11.6. The highest BCUT2D eigenvalue weighted by Gasteiger charge is 2.17. The fourth-order valence-electron chi connectivity index (χ4n) is 3.00. The minimum atomic E-state index is 0.136. The van der Waals surface area contributed by atoms with Crippen molar-refractivity contribution in [1.29, 1.82) is 0 Å². The molecule has 1 aliphatic rings. The van der Waals surface area contributed by atoms with Crippen molar-refractivity contribution in [2.75, 3.05) is 5.75 Å². The lowest BCUT2D eigenvalue weighted by molar-refractivity contribution is -0.118. The largest absolute Gasteiger partial charge is 0.350 e. The van der Waals surface area contributed by atoms with Gasteiger partial charge >= 0.3 is 0 Å². The summed E-state index contributed by atoms with van der Waals surface area (Å²) in [6.07, 6.45) is 5.18. The van der Waals surface area contributed by atoms with Crippen molar-refractivity contribution >= 4 is 29.0 Å². The zero-order chi connectivity index (χ0) is 16.9. The van der Waals surface area contributed by atoms with Gasteiger partial charge in [-0.2, -0.15) is 0 Å². The van der Waals surface area contributed by atoms with Crippen molar-refractivity contribution < 1.29 is 4.79 Å². The number of carbonyl (C=O) groups is 1. The maximum Gasteiger partial charge on any atom is 0.230 e. The van der Waals surface area contributed by atoms with Crippen LogP contribution in [0.4, 0.5) is 0 Å². The van der Waals surface area contributed by atoms with Crippen LogP contribution in [0.25, 0.3) is 10.6 Å². The van der Waals surface area contributed by atoms with Crippen LogP contribution in [0.3, 0.4) is 0 Å². The second-order valence-electron chi connectivity index (χ2n) is 6.34. The minimum Gasteiger partial charge on any atom is -0.350 e. The van der Waals surface area contributed by atoms with E-state index in [0.29, 0.717) is 17.5 Å². The van der Waals surface area contributed by atoms with E-state index in [0.717, 1.165) is 15.6 Å². The predicted molar refractivity (Wildman–Crippen MR) is 104 cm³/mol. The van der Waals surface area contributed by atoms with Crippen LogP contribution in [0, 0.1) is 13.8 Å². The summed E-state index contributed by atoms with van der Waals surface area (Å²) in [6, 6.07) is 8.30. The zero-order valence-corrected chi connectivity index (χ0v) is 15.9. The van der Waals surface area contributed by atoms with Crippen molar-refractivity contribution in [2.24, 2.45) is 0 Å². The molecule has 0 saturated heterocycles. The molecule has 128 valence electrons. The number of amides is 1. The van der Waals surface area contributed by atoms with Gasteiger partial charge in [0.05, 0.1) is 18.0 Å². The third-order valence-corrected chi connectivity index (χ3v) is 7.03. The molecule has 1 N–H and O–H groups in total. The molecule has 0 spiro atoms. The molecular formula is C19H24N2OS2. The van der Waals surface area contributed by atoms with Gasteiger partial charge in [-0.1, -0.05) is 37.1 Å². The number of benzene rings is 1. The van der Waals surface area contributed by atoms with Crippen molar-refractivity contribution in [1.82, 2.24) is 10.3 Å². The standard InChI is InChI=1S/C19H24N2OS2/c1-13-7-3-6-10-16(13)19-21-14(2)17(24-19)11-20-18(22)12-23-15-8-4-5-9-15/h3,6-7,10,15H,4-5,8-9,11-12H2,1-2H3,(H,20,22). The molecule has 1 aromatic carbocycles. The smallest absolute Gasteiger partial charge is 0.230 e. The summed E-state index contributed by atoms with van der Waals surface area (Å²) in [7, 11) is 0. The molecule has 0 bridgehead atoms. The van der Waals surface area contributed by atoms with E-state index in [1.807, 2.05) is 30.8 Å². The molecule has 1 aliphatic carbocycles. The summed E-state index contributed by atoms with van der Waals surface area (Å²) in [5.74, 6) is 0.713. The molecular weight excluding hydrogens is 336 g/mol. The average molecular weight is 361 g/mol. The van der Waals surface area contributed by atoms with E-state index in [1.165, 1.54) is 36.8 Å². The number of hydrogen-bond acceptors (Lipinski definition) is 4. The predicted octanol–water partition coefficient (Wildman–Crippen LogP) is 4.72. The number of nitrogens with zero attached hydrogens (tertiary/aromatic N) is 1. The van der Waals surface area contributed by atoms with E-state index < -0.39 is 0 Å². The van der Waals surface area contributed by atoms with Crippen LogP contribution in [0.1, 0.15) is 41.8 Å². The Morgan fingerprint density at radius 1 is 1.29 bits per heavy atom. The molecule has 3 rings (SSSR count). The number of aryl methyl sites for hydroxylation is 2. The molecule has 0 radical (unpaired) electrons. The highest BCUT2D eigenvalue weighted by molar-refractivity contribution is 8.00. The third kappa shape index (κ3) is 4.39. The van der Waals surface area contributed by atoms with E-state index in [-0.39, 0.29) is 5.91 Å². The van der Waals surface area contributed by atoms with Crippen LogP contribution in [0.15, 0.2) is 24.3 Å². The van der Waals surface area contributed by atoms with Crippen molar-refractivity contribution in [3.8, 4) is 10.6 Å². The van der Waals surface area contributed by atoms with E-state index in [1.54, 1.807) is 11.3 Å². The lowest BCUT2D eigenvalue weighted by atomic mass is 10.1. The monoisotopic (exact) mass is 360 g/mol. The van der Waals surface area contributed by atoms with E-state index >= 15 is 0 Å². The van der Waals surface area contributed by atoms with Gasteiger partial charge in [0.1, 0.15) is 5.01 Å². The molecule has 24 heavy (non-hydrogen) atoms. The Morgan fingerprint density at radius 3 is 2.79 bits per heavy atom. The van der Waals surface area contributed by atoms with Crippen molar-refractivity contribution in [3.63, 3.8) is 0 Å². The first-order valence-corrected chi connectivity index (χ1v) is 10.4. The summed E-state index contributed by atoms with van der Waals surface area (Å²) in [6.45, 7) is 4.71. The van der Waals surface area contributed by atoms with Gasteiger partial charge in [0.15, 0.2) is 0 Å². The Kier molecular flexibility index (Phi) is 5.95. The Balaban J connectivity index is 1.55. The van der Waals surface area contributed by atoms with Crippen LogP contribution in [0.5, 0.6) is 0 Å². The maximum absolute atomic E-state index is 12.1. The maximum atomic E-state index is 12.1. The molecule has 0 aliphatic heterocycles. The number of thioether (sulfide) groups is 1. The number of thiazole rings is 1. The third-order valence-electron chi connectivity index (χ3n) is 4.47. The molecule has 1 saturated carbocycles. The minimum absolute atomic E-state index is 0.136. The molecule has 2 aromatic rings. The summed E-state index contributed by atoms with van der Waals surface area (Å²) in [5, 5.41) is 4.78. The summed E-state index contributed by atoms with van der Waals surface area (Å²) < 4.78 is 0. The van der Waals surface area contributed by atoms with Gasteiger partial charge < -0.3 is 5.32 Å². The lowest BCUT2D eigenvalue weighted by Crippen LogP contribution is -2.25. The van der Waals surface area contributed by atoms with E-state index in [2.05, 4.69) is 24.4 Å². The van der Waals surface area contributed by atoms with Crippen LogP contribution in [-0.4, -0.2) is 21.9 Å². The van der Waals surface area contributed by atoms with Gasteiger partial charge in [-0.15, -0.1) is 23.1 Å². The lowest BCUT2D eigenvalue weighted by Gasteiger charge is -2.08. The second kappa shape index (κ2) is 8.17. The number of carbonyl (C=O) groups excluding carboxylic acids is 1. The van der Waals surface area contributed by atoms with Gasteiger partial charge in [0.25, 0.3) is 0 Å². The summed E-state index contributed by atoms with van der Waals surface area (Å²) in [4.78, 5) is 17.9. The fraction of sp³-hybridized carbons (Fsp3) is 0.474. The molecule has 5 heteroatoms. The summed E-state index contributed by atoms with van der Waals surface area (Å²) >= 11 is 3.49. The van der Waals surface area contributed by atoms with Crippen LogP contribution < -0.4 is 5.32 Å². The number of aromatic nitrogens is 1. The fourth-order valence-corrected chi connectivity index (χ4v) is 5.25. The van der Waals surface area contributed by atoms with Gasteiger partial charge in [-0.25, -0.2) is 4.98 Å². The molecule has 0 unspecified atom stereocenters. The molecule has 1 amide bonds. The van der Waals surface area contributed by atoms with Crippen LogP contribution in [0.2, 0.25) is 0 Å². The zero-order valence-electron chi connectivity index (χ0n) is 14.3. The Morgan fingerprint density at radius 2 is 2.04 bits per heavy atom. The van der Waals surface area contributed by atoms with Crippen molar-refractivity contribution in [3.05, 3.63) is 40.4 Å². The number of nitrogens with one attached hydrogen (secondary N) is 1. The SMILES string of the molecule is Cc1ccccc1-c1nc(C)c(CNC(=O)CSC2CCCC2)s1. The first-order valence-electron chi connectivity index (χ1n) is 8.54. The van der Waals surface area contributed by atoms with Gasteiger partial charge in [0.2, 0.25) is 5.91 Å². The second-order valence-corrected chi connectivity index (χ2v) is 8.71. The molecule has 1 fully saturated rings. The van der Waals surface area contributed by atoms with Gasteiger partial charge in [-0.3, -0.25) is 4.79 Å². The van der Waals surface area contributed by atoms with E-state index in [9.17, 15) is 4.79 Å². The molecule has 1 aromatic heterocycles. The van der Waals surface area contributed by atoms with E-state index in [4.69, 9.17) is 4.98 Å². The normalized spacial score (nSPS) is 14.9. The Hall–Kier alpha value is -1.33. The topological polar surface area (TPSA) is 42.0 Å². The number of rotatable bonds is 6.